The van der Waals surface area contributed by atoms with E-state index >= 15 is 0 Å². The summed E-state index contributed by atoms with van der Waals surface area (Å²) in [5, 5.41) is 11.7. The number of benzene rings is 1. The fraction of sp³-hybridized carbons (Fsp3) is 0.364. The van der Waals surface area contributed by atoms with Gasteiger partial charge in [-0.1, -0.05) is 5.21 Å². The smallest absolute Gasteiger partial charge is 1.00 e. The van der Waals surface area contributed by atoms with Crippen LogP contribution in [0.15, 0.2) is 24.3 Å². The average Bonchev–Trinajstić information content (AvgIpc) is 2.67. The number of nitrogens with zero attached hydrogens (tertiary/aromatic N) is 4. The molecule has 0 radical (unpaired) electrons. The van der Waals surface area contributed by atoms with Gasteiger partial charge in [0.15, 0.2) is 0 Å². The minimum absolute atomic E-state index is 0. The zero-order valence-corrected chi connectivity index (χ0v) is 13.2. The first kappa shape index (κ1) is 16.5. The van der Waals surface area contributed by atoms with Gasteiger partial charge in [0.2, 0.25) is 0 Å². The third-order valence-corrected chi connectivity index (χ3v) is 2.05. The second-order valence-electron chi connectivity index (χ2n) is 4.36. The summed E-state index contributed by atoms with van der Waals surface area (Å²) >= 11 is 0. The second-order valence-corrected chi connectivity index (χ2v) is 4.36. The van der Waals surface area contributed by atoms with E-state index in [0.29, 0.717) is 0 Å². The molecule has 0 atom stereocenters. The van der Waals surface area contributed by atoms with E-state index in [1.807, 2.05) is 24.3 Å². The molecule has 0 bridgehead atoms. The van der Waals surface area contributed by atoms with Crippen molar-refractivity contribution in [3.63, 3.8) is 0 Å². The SMILES string of the molecule is CC(C)(C)n1nnnc1-c1[c-]cccc1.[Br-].[Mg+2]. The van der Waals surface area contributed by atoms with E-state index in [4.69, 9.17) is 0 Å². The van der Waals surface area contributed by atoms with Crippen LogP contribution in [0, 0.1) is 6.07 Å². The zero-order valence-electron chi connectivity index (χ0n) is 10.2. The van der Waals surface area contributed by atoms with Gasteiger partial charge < -0.3 is 17.0 Å². The van der Waals surface area contributed by atoms with Gasteiger partial charge in [-0.3, -0.25) is 4.68 Å². The molecule has 86 valence electrons. The zero-order chi connectivity index (χ0) is 10.9. The van der Waals surface area contributed by atoms with Crippen LogP contribution in [0.1, 0.15) is 20.8 Å². The van der Waals surface area contributed by atoms with E-state index in [-0.39, 0.29) is 45.6 Å². The topological polar surface area (TPSA) is 43.6 Å². The van der Waals surface area contributed by atoms with Gasteiger partial charge >= 0.3 is 23.1 Å². The molecule has 0 aliphatic heterocycles. The minimum atomic E-state index is -0.123. The van der Waals surface area contributed by atoms with Gasteiger partial charge in [0.25, 0.3) is 0 Å². The summed E-state index contributed by atoms with van der Waals surface area (Å²) in [4.78, 5) is 0. The summed E-state index contributed by atoms with van der Waals surface area (Å²) in [6.45, 7) is 6.20. The Hall–Kier alpha value is -0.464. The third-order valence-electron chi connectivity index (χ3n) is 2.05. The first-order chi connectivity index (χ1) is 7.09. The molecule has 0 aliphatic rings. The van der Waals surface area contributed by atoms with Gasteiger partial charge in [-0.05, 0) is 26.0 Å². The molecule has 0 amide bonds. The van der Waals surface area contributed by atoms with Crippen molar-refractivity contribution in [2.45, 2.75) is 26.3 Å². The molecular formula is C11H13BrMgN4. The van der Waals surface area contributed by atoms with Crippen LogP contribution in [0.4, 0.5) is 0 Å². The van der Waals surface area contributed by atoms with E-state index in [1.165, 1.54) is 0 Å². The Labute approximate surface area is 128 Å². The van der Waals surface area contributed by atoms with Crippen LogP contribution in [0.3, 0.4) is 0 Å². The Bertz CT molecular complexity index is 450. The Morgan fingerprint density at radius 1 is 1.24 bits per heavy atom. The monoisotopic (exact) mass is 304 g/mol. The standard InChI is InChI=1S/C11H13N4.BrH.Mg/c1-11(2,3)15-10(12-13-14-15)9-7-5-4-6-8-9;;/h4-7H,1-3H3;1H;/q-1;;+2/p-1. The molecule has 17 heavy (non-hydrogen) atoms. The quantitative estimate of drug-likeness (QED) is 0.477. The fourth-order valence-electron chi connectivity index (χ4n) is 1.34. The molecule has 2 aromatic rings. The maximum atomic E-state index is 4.02. The molecule has 2 rings (SSSR count). The summed E-state index contributed by atoms with van der Waals surface area (Å²) in [5.74, 6) is 0.753. The Balaban J connectivity index is 0.00000128. The summed E-state index contributed by atoms with van der Waals surface area (Å²) in [6, 6.07) is 10.8. The summed E-state index contributed by atoms with van der Waals surface area (Å²) in [5.41, 5.74) is 0.792. The summed E-state index contributed by atoms with van der Waals surface area (Å²) in [6.07, 6.45) is 0. The van der Waals surface area contributed by atoms with Crippen molar-refractivity contribution in [2.75, 3.05) is 0 Å². The van der Waals surface area contributed by atoms with Crippen LogP contribution >= 0.6 is 0 Å². The van der Waals surface area contributed by atoms with Crippen LogP contribution in [0.25, 0.3) is 11.4 Å². The molecule has 0 unspecified atom stereocenters. The Morgan fingerprint density at radius 3 is 2.47 bits per heavy atom. The van der Waals surface area contributed by atoms with Crippen LogP contribution in [0.5, 0.6) is 0 Å². The number of hydrogen-bond donors (Lipinski definition) is 0. The normalized spacial score (nSPS) is 10.3. The van der Waals surface area contributed by atoms with Gasteiger partial charge in [-0.25, -0.2) is 0 Å². The average molecular weight is 305 g/mol. The molecule has 1 heterocycles. The predicted molar refractivity (Wildman–Crippen MR) is 62.8 cm³/mol. The Kier molecular flexibility index (Phi) is 6.29. The molecule has 1 aromatic carbocycles. The molecule has 0 saturated carbocycles. The number of tetrazole rings is 1. The van der Waals surface area contributed by atoms with Gasteiger partial charge in [0.05, 0.1) is 5.82 Å². The van der Waals surface area contributed by atoms with Crippen molar-refractivity contribution in [2.24, 2.45) is 0 Å². The first-order valence-corrected chi connectivity index (χ1v) is 4.85. The third kappa shape index (κ3) is 3.75. The van der Waals surface area contributed by atoms with Crippen molar-refractivity contribution in [3.05, 3.63) is 30.3 Å². The van der Waals surface area contributed by atoms with Gasteiger partial charge in [-0.2, -0.15) is 5.10 Å². The summed E-state index contributed by atoms with van der Waals surface area (Å²) in [7, 11) is 0. The van der Waals surface area contributed by atoms with Crippen molar-refractivity contribution in [3.8, 4) is 11.4 Å². The van der Waals surface area contributed by atoms with Gasteiger partial charge in [0.1, 0.15) is 0 Å². The molecule has 0 aliphatic carbocycles. The largest absolute Gasteiger partial charge is 2.00 e. The van der Waals surface area contributed by atoms with E-state index in [9.17, 15) is 0 Å². The van der Waals surface area contributed by atoms with Gasteiger partial charge in [0, 0.05) is 5.54 Å². The van der Waals surface area contributed by atoms with Crippen molar-refractivity contribution in [1.82, 2.24) is 20.2 Å². The molecule has 0 N–H and O–H groups in total. The number of halogens is 1. The first-order valence-electron chi connectivity index (χ1n) is 4.85. The molecule has 0 saturated heterocycles. The van der Waals surface area contributed by atoms with Crippen molar-refractivity contribution < 1.29 is 17.0 Å². The van der Waals surface area contributed by atoms with Crippen LogP contribution < -0.4 is 17.0 Å². The number of hydrogen-bond acceptors (Lipinski definition) is 3. The number of rotatable bonds is 1. The molecular weight excluding hydrogens is 292 g/mol. The summed E-state index contributed by atoms with van der Waals surface area (Å²) < 4.78 is 1.80. The molecule has 4 nitrogen and oxygen atoms in total. The molecule has 0 spiro atoms. The minimum Gasteiger partial charge on any atom is -1.00 e. The van der Waals surface area contributed by atoms with E-state index in [0.717, 1.165) is 11.4 Å². The molecule has 0 fully saturated rings. The van der Waals surface area contributed by atoms with Crippen LogP contribution in [-0.2, 0) is 5.54 Å². The number of aromatic nitrogens is 4. The maximum absolute atomic E-state index is 4.02. The van der Waals surface area contributed by atoms with Crippen LogP contribution in [0.2, 0.25) is 0 Å². The molecule has 1 aromatic heterocycles. The Morgan fingerprint density at radius 2 is 1.94 bits per heavy atom. The predicted octanol–water partition coefficient (Wildman–Crippen LogP) is -1.48. The second kappa shape index (κ2) is 6.46. The van der Waals surface area contributed by atoms with E-state index < -0.39 is 0 Å². The molecule has 6 heteroatoms. The van der Waals surface area contributed by atoms with Crippen LogP contribution in [-0.4, -0.2) is 43.3 Å². The van der Waals surface area contributed by atoms with Crippen molar-refractivity contribution in [1.29, 1.82) is 0 Å². The van der Waals surface area contributed by atoms with E-state index in [2.05, 4.69) is 42.4 Å². The van der Waals surface area contributed by atoms with E-state index in [1.54, 1.807) is 4.68 Å². The van der Waals surface area contributed by atoms with Gasteiger partial charge in [-0.15, -0.1) is 35.9 Å². The van der Waals surface area contributed by atoms with Crippen molar-refractivity contribution >= 4 is 23.1 Å². The maximum Gasteiger partial charge on any atom is 2.00 e. The fourth-order valence-corrected chi connectivity index (χ4v) is 1.34.